The summed E-state index contributed by atoms with van der Waals surface area (Å²) in [6.45, 7) is 7.04. The zero-order valence-corrected chi connectivity index (χ0v) is 14.0. The summed E-state index contributed by atoms with van der Waals surface area (Å²) < 4.78 is 6.29. The first-order valence-electron chi connectivity index (χ1n) is 8.37. The number of piperidine rings is 1. The van der Waals surface area contributed by atoms with Crippen LogP contribution in [0.4, 0.5) is 0 Å². The van der Waals surface area contributed by atoms with Crippen molar-refractivity contribution in [3.63, 3.8) is 0 Å². The molecule has 1 aromatic carbocycles. The third-order valence-corrected chi connectivity index (χ3v) is 4.83. The SMILES string of the molecule is CC[N+]1(CC(O)COc2cccc(C)c2)CCCC(C(=O)[O-])C1. The Morgan fingerprint density at radius 1 is 1.52 bits per heavy atom. The zero-order valence-electron chi connectivity index (χ0n) is 14.0. The van der Waals surface area contributed by atoms with E-state index in [1.165, 1.54) is 0 Å². The highest BCUT2D eigenvalue weighted by atomic mass is 16.5. The van der Waals surface area contributed by atoms with E-state index in [1.54, 1.807) is 0 Å². The van der Waals surface area contributed by atoms with Gasteiger partial charge in [-0.05, 0) is 44.4 Å². The Kier molecular flexibility index (Phi) is 6.02. The Balaban J connectivity index is 1.91. The number of likely N-dealkylation sites (N-methyl/N-ethyl adjacent to an activating group) is 1. The largest absolute Gasteiger partial charge is 0.550 e. The van der Waals surface area contributed by atoms with Gasteiger partial charge >= 0.3 is 0 Å². The fourth-order valence-corrected chi connectivity index (χ4v) is 3.50. The van der Waals surface area contributed by atoms with E-state index in [0.717, 1.165) is 30.8 Å². The molecule has 1 heterocycles. The van der Waals surface area contributed by atoms with Crippen LogP contribution in [0.2, 0.25) is 0 Å². The number of hydrogen-bond donors (Lipinski definition) is 1. The van der Waals surface area contributed by atoms with Crippen LogP contribution < -0.4 is 9.84 Å². The van der Waals surface area contributed by atoms with Gasteiger partial charge in [0.2, 0.25) is 0 Å². The molecule has 0 amide bonds. The van der Waals surface area contributed by atoms with Crippen LogP contribution in [-0.2, 0) is 4.79 Å². The molecule has 1 aliphatic heterocycles. The Hall–Kier alpha value is -1.59. The Morgan fingerprint density at radius 2 is 2.30 bits per heavy atom. The summed E-state index contributed by atoms with van der Waals surface area (Å²) in [5, 5.41) is 21.5. The highest BCUT2D eigenvalue weighted by Gasteiger charge is 2.36. The number of rotatable bonds is 7. The second-order valence-electron chi connectivity index (χ2n) is 6.69. The zero-order chi connectivity index (χ0) is 16.9. The number of benzene rings is 1. The number of likely N-dealkylation sites (tertiary alicyclic amines) is 1. The number of quaternary nitrogens is 1. The van der Waals surface area contributed by atoms with Gasteiger partial charge in [-0.1, -0.05) is 12.1 Å². The van der Waals surface area contributed by atoms with E-state index in [4.69, 9.17) is 4.74 Å². The number of carbonyl (C=O) groups excluding carboxylic acids is 1. The van der Waals surface area contributed by atoms with E-state index in [-0.39, 0.29) is 6.61 Å². The molecule has 1 aliphatic rings. The van der Waals surface area contributed by atoms with Crippen molar-refractivity contribution in [2.75, 3.05) is 32.8 Å². The molecule has 0 aliphatic carbocycles. The highest BCUT2D eigenvalue weighted by molar-refractivity contribution is 5.67. The van der Waals surface area contributed by atoms with Crippen LogP contribution in [0.5, 0.6) is 5.75 Å². The van der Waals surface area contributed by atoms with Crippen LogP contribution in [0, 0.1) is 12.8 Å². The van der Waals surface area contributed by atoms with Crippen LogP contribution >= 0.6 is 0 Å². The van der Waals surface area contributed by atoms with E-state index in [2.05, 4.69) is 0 Å². The number of aliphatic hydroxyl groups excluding tert-OH is 1. The van der Waals surface area contributed by atoms with Crippen molar-refractivity contribution in [2.45, 2.75) is 32.8 Å². The molecule has 3 atom stereocenters. The quantitative estimate of drug-likeness (QED) is 0.752. The maximum absolute atomic E-state index is 11.2. The first kappa shape index (κ1) is 17.8. The topological polar surface area (TPSA) is 69.6 Å². The Labute approximate surface area is 138 Å². The molecule has 1 saturated heterocycles. The number of carboxylic acid groups (broad SMARTS) is 1. The standard InChI is InChI=1S/C18H27NO4/c1-3-19(9-5-7-15(11-19)18(21)22)12-16(20)13-23-17-8-4-6-14(2)10-17/h4,6,8,10,15-16,20H,3,5,7,9,11-13H2,1-2H3. The van der Waals surface area contributed by atoms with Gasteiger partial charge in [0.25, 0.3) is 0 Å². The Morgan fingerprint density at radius 3 is 2.96 bits per heavy atom. The normalized spacial score (nSPS) is 25.8. The number of aliphatic hydroxyl groups is 1. The number of ether oxygens (including phenoxy) is 1. The van der Waals surface area contributed by atoms with Crippen LogP contribution in [0.25, 0.3) is 0 Å². The van der Waals surface area contributed by atoms with E-state index in [1.807, 2.05) is 38.1 Å². The first-order valence-corrected chi connectivity index (χ1v) is 8.37. The summed E-state index contributed by atoms with van der Waals surface area (Å²) in [6.07, 6.45) is 0.923. The number of aryl methyl sites for hydroxylation is 1. The van der Waals surface area contributed by atoms with Gasteiger partial charge in [-0.2, -0.15) is 0 Å². The minimum absolute atomic E-state index is 0.222. The fourth-order valence-electron chi connectivity index (χ4n) is 3.50. The van der Waals surface area contributed by atoms with E-state index in [9.17, 15) is 15.0 Å². The molecule has 1 fully saturated rings. The van der Waals surface area contributed by atoms with Crippen molar-refractivity contribution >= 4 is 5.97 Å². The predicted octanol–water partition coefficient (Wildman–Crippen LogP) is 0.731. The van der Waals surface area contributed by atoms with Gasteiger partial charge < -0.3 is 24.2 Å². The monoisotopic (exact) mass is 321 g/mol. The molecule has 5 heteroatoms. The molecular formula is C18H27NO4. The number of hydrogen-bond acceptors (Lipinski definition) is 4. The molecule has 0 bridgehead atoms. The van der Waals surface area contributed by atoms with Crippen molar-refractivity contribution in [2.24, 2.45) is 5.92 Å². The van der Waals surface area contributed by atoms with Crippen molar-refractivity contribution in [1.82, 2.24) is 0 Å². The number of carboxylic acids is 1. The average molecular weight is 321 g/mol. The van der Waals surface area contributed by atoms with Gasteiger partial charge in [0.15, 0.2) is 0 Å². The molecule has 0 aromatic heterocycles. The second kappa shape index (κ2) is 7.79. The van der Waals surface area contributed by atoms with Gasteiger partial charge in [-0.15, -0.1) is 0 Å². The smallest absolute Gasteiger partial charge is 0.137 e. The molecule has 0 saturated carbocycles. The lowest BCUT2D eigenvalue weighted by atomic mass is 9.95. The first-order chi connectivity index (χ1) is 10.9. The molecule has 1 aromatic rings. The van der Waals surface area contributed by atoms with Crippen molar-refractivity contribution in [3.05, 3.63) is 29.8 Å². The second-order valence-corrected chi connectivity index (χ2v) is 6.69. The molecule has 5 nitrogen and oxygen atoms in total. The fraction of sp³-hybridized carbons (Fsp3) is 0.611. The van der Waals surface area contributed by atoms with E-state index < -0.39 is 18.0 Å². The summed E-state index contributed by atoms with van der Waals surface area (Å²) in [6, 6.07) is 7.72. The summed E-state index contributed by atoms with van der Waals surface area (Å²) in [4.78, 5) is 11.2. The molecule has 3 unspecified atom stereocenters. The minimum atomic E-state index is -0.967. The molecule has 23 heavy (non-hydrogen) atoms. The highest BCUT2D eigenvalue weighted by Crippen LogP contribution is 2.24. The third kappa shape index (κ3) is 4.94. The lowest BCUT2D eigenvalue weighted by Crippen LogP contribution is -2.60. The van der Waals surface area contributed by atoms with E-state index >= 15 is 0 Å². The summed E-state index contributed by atoms with van der Waals surface area (Å²) >= 11 is 0. The van der Waals surface area contributed by atoms with Crippen LogP contribution in [0.1, 0.15) is 25.3 Å². The van der Waals surface area contributed by atoms with Crippen LogP contribution in [0.3, 0.4) is 0 Å². The van der Waals surface area contributed by atoms with Crippen LogP contribution in [0.15, 0.2) is 24.3 Å². The average Bonchev–Trinajstić information content (AvgIpc) is 2.53. The summed E-state index contributed by atoms with van der Waals surface area (Å²) in [7, 11) is 0. The summed E-state index contributed by atoms with van der Waals surface area (Å²) in [5.41, 5.74) is 1.11. The maximum atomic E-state index is 11.2. The number of nitrogens with zero attached hydrogens (tertiary/aromatic N) is 1. The predicted molar refractivity (Wildman–Crippen MR) is 85.8 cm³/mol. The van der Waals surface area contributed by atoms with Crippen molar-refractivity contribution in [3.8, 4) is 5.75 Å². The van der Waals surface area contributed by atoms with E-state index in [0.29, 0.717) is 24.0 Å². The Bertz CT molecular complexity index is 534. The third-order valence-electron chi connectivity index (χ3n) is 4.83. The molecule has 1 N–H and O–H groups in total. The van der Waals surface area contributed by atoms with Crippen LogP contribution in [-0.4, -0.2) is 54.4 Å². The molecule has 0 spiro atoms. The number of aliphatic carboxylic acids is 1. The summed E-state index contributed by atoms with van der Waals surface area (Å²) in [5.74, 6) is -0.627. The maximum Gasteiger partial charge on any atom is 0.137 e. The van der Waals surface area contributed by atoms with Gasteiger partial charge in [-0.25, -0.2) is 0 Å². The van der Waals surface area contributed by atoms with Crippen molar-refractivity contribution < 1.29 is 24.2 Å². The van der Waals surface area contributed by atoms with Crippen molar-refractivity contribution in [1.29, 1.82) is 0 Å². The van der Waals surface area contributed by atoms with Gasteiger partial charge in [-0.3, -0.25) is 0 Å². The minimum Gasteiger partial charge on any atom is -0.550 e. The molecule has 2 rings (SSSR count). The molecular weight excluding hydrogens is 294 g/mol. The van der Waals surface area contributed by atoms with Gasteiger partial charge in [0.05, 0.1) is 25.6 Å². The lowest BCUT2D eigenvalue weighted by molar-refractivity contribution is -0.936. The number of carbonyl (C=O) groups is 1. The molecule has 0 radical (unpaired) electrons. The van der Waals surface area contributed by atoms with Gasteiger partial charge in [0.1, 0.15) is 25.0 Å². The van der Waals surface area contributed by atoms with Gasteiger partial charge in [0, 0.05) is 5.92 Å². The molecule has 128 valence electrons. The lowest BCUT2D eigenvalue weighted by Gasteiger charge is -2.45.